The van der Waals surface area contributed by atoms with Crippen LogP contribution in [0.5, 0.6) is 0 Å². The molecule has 0 saturated carbocycles. The van der Waals surface area contributed by atoms with Crippen LogP contribution in [-0.2, 0) is 0 Å². The maximum Gasteiger partial charge on any atom is 0.0894 e. The highest BCUT2D eigenvalue weighted by atomic mass is 35.5. The Balaban J connectivity index is 2.14. The summed E-state index contributed by atoms with van der Waals surface area (Å²) in [4.78, 5) is 8.87. The zero-order chi connectivity index (χ0) is 12.4. The molecule has 0 saturated heterocycles. The number of pyridine rings is 2. The van der Waals surface area contributed by atoms with E-state index in [9.17, 15) is 0 Å². The van der Waals surface area contributed by atoms with Crippen molar-refractivity contribution in [1.82, 2.24) is 9.97 Å². The van der Waals surface area contributed by atoms with Gasteiger partial charge < -0.3 is 0 Å². The summed E-state index contributed by atoms with van der Waals surface area (Å²) in [5.41, 5.74) is 3.65. The van der Waals surface area contributed by atoms with Crippen LogP contribution in [0.15, 0.2) is 59.8 Å². The van der Waals surface area contributed by atoms with Gasteiger partial charge in [0.25, 0.3) is 0 Å². The van der Waals surface area contributed by atoms with Gasteiger partial charge in [-0.2, -0.15) is 0 Å². The van der Waals surface area contributed by atoms with Crippen molar-refractivity contribution in [2.45, 2.75) is 6.42 Å². The summed E-state index contributed by atoms with van der Waals surface area (Å²) < 4.78 is 0. The van der Waals surface area contributed by atoms with Gasteiger partial charge in [0.2, 0.25) is 0 Å². The van der Waals surface area contributed by atoms with Crippen molar-refractivity contribution in [3.05, 3.63) is 65.5 Å². The lowest BCUT2D eigenvalue weighted by molar-refractivity contribution is 1.29. The summed E-state index contributed by atoms with van der Waals surface area (Å²) in [5, 5.41) is 0.816. The summed E-state index contributed by atoms with van der Waals surface area (Å²) in [6.45, 7) is 0. The van der Waals surface area contributed by atoms with Crippen LogP contribution in [0.25, 0.3) is 16.6 Å². The van der Waals surface area contributed by atoms with Crippen LogP contribution in [0.2, 0.25) is 0 Å². The number of fused-ring (bicyclic) bond motifs is 1. The largest absolute Gasteiger partial charge is 0.255 e. The second kappa shape index (κ2) is 4.75. The molecule has 3 heteroatoms. The van der Waals surface area contributed by atoms with Gasteiger partial charge in [-0.05, 0) is 24.3 Å². The normalized spacial score (nSPS) is 15.2. The van der Waals surface area contributed by atoms with Crippen molar-refractivity contribution in [2.75, 3.05) is 0 Å². The Kier molecular flexibility index (Phi) is 2.95. The van der Waals surface area contributed by atoms with Crippen molar-refractivity contribution >= 4 is 28.2 Å². The number of hydrogen-bond donors (Lipinski definition) is 0. The van der Waals surface area contributed by atoms with E-state index in [2.05, 4.69) is 9.97 Å². The minimum atomic E-state index is 0.747. The van der Waals surface area contributed by atoms with E-state index in [0.29, 0.717) is 0 Å². The van der Waals surface area contributed by atoms with E-state index >= 15 is 0 Å². The van der Waals surface area contributed by atoms with Crippen LogP contribution < -0.4 is 0 Å². The molecule has 0 unspecified atom stereocenters. The van der Waals surface area contributed by atoms with Crippen LogP contribution in [-0.4, -0.2) is 9.97 Å². The third kappa shape index (κ3) is 2.07. The summed E-state index contributed by atoms with van der Waals surface area (Å²) in [7, 11) is 0. The standard InChI is InChI=1S/C15H11ClN2/c16-12-6-3-1-2-5-11(12)13-8-9-14-15(18-13)7-4-10-17-14/h1-5,7-10H,6H2. The lowest BCUT2D eigenvalue weighted by Gasteiger charge is -2.05. The predicted molar refractivity (Wildman–Crippen MR) is 75.2 cm³/mol. The number of aromatic nitrogens is 2. The highest BCUT2D eigenvalue weighted by Gasteiger charge is 2.08. The molecule has 0 fully saturated rings. The highest BCUT2D eigenvalue weighted by Crippen LogP contribution is 2.27. The molecule has 2 aromatic rings. The number of halogens is 1. The average molecular weight is 255 g/mol. The molecular weight excluding hydrogens is 244 g/mol. The van der Waals surface area contributed by atoms with E-state index in [-0.39, 0.29) is 0 Å². The molecule has 88 valence electrons. The average Bonchev–Trinajstić information content (AvgIpc) is 2.63. The zero-order valence-corrected chi connectivity index (χ0v) is 10.4. The second-order valence-corrected chi connectivity index (χ2v) is 4.50. The van der Waals surface area contributed by atoms with Crippen LogP contribution >= 0.6 is 11.6 Å². The minimum Gasteiger partial charge on any atom is -0.255 e. The van der Waals surface area contributed by atoms with Crippen molar-refractivity contribution < 1.29 is 0 Å². The molecule has 0 N–H and O–H groups in total. The van der Waals surface area contributed by atoms with Crippen molar-refractivity contribution in [1.29, 1.82) is 0 Å². The molecule has 3 rings (SSSR count). The van der Waals surface area contributed by atoms with Gasteiger partial charge in [-0.25, -0.2) is 4.98 Å². The maximum atomic E-state index is 6.29. The lowest BCUT2D eigenvalue weighted by atomic mass is 10.1. The first-order valence-corrected chi connectivity index (χ1v) is 6.16. The molecule has 2 aromatic heterocycles. The Labute approximate surface area is 110 Å². The summed E-state index contributed by atoms with van der Waals surface area (Å²) >= 11 is 6.29. The second-order valence-electron chi connectivity index (χ2n) is 4.05. The Morgan fingerprint density at radius 3 is 2.94 bits per heavy atom. The topological polar surface area (TPSA) is 25.8 Å². The van der Waals surface area contributed by atoms with Gasteiger partial charge in [0.15, 0.2) is 0 Å². The molecule has 0 amide bonds. The van der Waals surface area contributed by atoms with Crippen LogP contribution in [0.4, 0.5) is 0 Å². The van der Waals surface area contributed by atoms with Crippen LogP contribution in [0, 0.1) is 0 Å². The van der Waals surface area contributed by atoms with E-state index in [1.807, 2.05) is 48.6 Å². The van der Waals surface area contributed by atoms with E-state index in [1.54, 1.807) is 6.20 Å². The summed E-state index contributed by atoms with van der Waals surface area (Å²) in [5.74, 6) is 0. The number of allylic oxidation sites excluding steroid dienone is 6. The fraction of sp³-hybridized carbons (Fsp3) is 0.0667. The maximum absolute atomic E-state index is 6.29. The van der Waals surface area contributed by atoms with Gasteiger partial charge in [0.1, 0.15) is 0 Å². The van der Waals surface area contributed by atoms with Gasteiger partial charge in [0.05, 0.1) is 16.7 Å². The molecule has 0 bridgehead atoms. The lowest BCUT2D eigenvalue weighted by Crippen LogP contribution is -1.91. The fourth-order valence-corrected chi connectivity index (χ4v) is 2.18. The fourth-order valence-electron chi connectivity index (χ4n) is 1.93. The Morgan fingerprint density at radius 1 is 1.06 bits per heavy atom. The quantitative estimate of drug-likeness (QED) is 0.766. The molecule has 0 spiro atoms. The Morgan fingerprint density at radius 2 is 2.00 bits per heavy atom. The molecule has 2 nitrogen and oxygen atoms in total. The zero-order valence-electron chi connectivity index (χ0n) is 9.68. The SMILES string of the molecule is ClC1=C(c2ccc3ncccc3n2)C=CC=CC1. The van der Waals surface area contributed by atoms with E-state index < -0.39 is 0 Å². The molecule has 0 radical (unpaired) electrons. The van der Waals surface area contributed by atoms with E-state index in [1.165, 1.54) is 0 Å². The van der Waals surface area contributed by atoms with Gasteiger partial charge in [-0.1, -0.05) is 35.9 Å². The first-order valence-electron chi connectivity index (χ1n) is 5.78. The first kappa shape index (κ1) is 11.2. The van der Waals surface area contributed by atoms with Crippen molar-refractivity contribution in [3.8, 4) is 0 Å². The molecule has 0 aromatic carbocycles. The number of rotatable bonds is 1. The van der Waals surface area contributed by atoms with Gasteiger partial charge in [-0.3, -0.25) is 4.98 Å². The third-order valence-corrected chi connectivity index (χ3v) is 3.19. The molecular formula is C15H11ClN2. The van der Waals surface area contributed by atoms with Gasteiger partial charge in [-0.15, -0.1) is 0 Å². The highest BCUT2D eigenvalue weighted by molar-refractivity contribution is 6.33. The Hall–Kier alpha value is -1.93. The van der Waals surface area contributed by atoms with E-state index in [0.717, 1.165) is 33.8 Å². The van der Waals surface area contributed by atoms with Crippen molar-refractivity contribution in [2.24, 2.45) is 0 Å². The smallest absolute Gasteiger partial charge is 0.0894 e. The monoisotopic (exact) mass is 254 g/mol. The summed E-state index contributed by atoms with van der Waals surface area (Å²) in [6, 6.07) is 7.78. The van der Waals surface area contributed by atoms with Gasteiger partial charge in [0, 0.05) is 23.2 Å². The third-order valence-electron chi connectivity index (χ3n) is 2.83. The molecule has 0 aliphatic heterocycles. The minimum absolute atomic E-state index is 0.747. The predicted octanol–water partition coefficient (Wildman–Crippen LogP) is 4.10. The molecule has 1 aliphatic rings. The molecule has 0 atom stereocenters. The number of nitrogens with zero attached hydrogens (tertiary/aromatic N) is 2. The van der Waals surface area contributed by atoms with Crippen molar-refractivity contribution in [3.63, 3.8) is 0 Å². The number of hydrogen-bond acceptors (Lipinski definition) is 2. The van der Waals surface area contributed by atoms with E-state index in [4.69, 9.17) is 11.6 Å². The van der Waals surface area contributed by atoms with Crippen LogP contribution in [0.1, 0.15) is 12.1 Å². The molecule has 18 heavy (non-hydrogen) atoms. The van der Waals surface area contributed by atoms with Crippen LogP contribution in [0.3, 0.4) is 0 Å². The Bertz CT molecular complexity index is 684. The summed E-state index contributed by atoms with van der Waals surface area (Å²) in [6.07, 6.45) is 10.5. The molecule has 1 aliphatic carbocycles. The van der Waals surface area contributed by atoms with Gasteiger partial charge >= 0.3 is 0 Å². The molecule has 2 heterocycles. The first-order chi connectivity index (χ1) is 8.84.